The summed E-state index contributed by atoms with van der Waals surface area (Å²) < 4.78 is 6.18. The van der Waals surface area contributed by atoms with Crippen molar-refractivity contribution < 1.29 is 4.74 Å². The zero-order valence-electron chi connectivity index (χ0n) is 11.2. The molecule has 1 saturated carbocycles. The van der Waals surface area contributed by atoms with Crippen LogP contribution in [-0.2, 0) is 4.74 Å². The maximum Gasteiger partial charge on any atom is 0.0806 e. The molecular formula is C14H29NO. The number of hydrogen-bond donors (Lipinski definition) is 1. The van der Waals surface area contributed by atoms with Gasteiger partial charge >= 0.3 is 0 Å². The van der Waals surface area contributed by atoms with Crippen molar-refractivity contribution in [3.05, 3.63) is 0 Å². The molecule has 16 heavy (non-hydrogen) atoms. The Morgan fingerprint density at radius 2 is 1.81 bits per heavy atom. The molecule has 0 aliphatic heterocycles. The van der Waals surface area contributed by atoms with Gasteiger partial charge in [-0.05, 0) is 32.2 Å². The Balaban J connectivity index is 2.22. The van der Waals surface area contributed by atoms with Gasteiger partial charge in [0.25, 0.3) is 0 Å². The summed E-state index contributed by atoms with van der Waals surface area (Å²) in [5.74, 6) is 0. The predicted octanol–water partition coefficient (Wildman–Crippen LogP) is 3.51. The standard InChI is InChI=1S/C14H29NO/c1-3-5-8-12-16-14(9-6-7-10-14)13-15-11-4-2/h15H,3-13H2,1-2H3. The highest BCUT2D eigenvalue weighted by Gasteiger charge is 2.33. The van der Waals surface area contributed by atoms with E-state index in [0.29, 0.717) is 0 Å². The minimum Gasteiger partial charge on any atom is -0.374 e. The summed E-state index contributed by atoms with van der Waals surface area (Å²) in [5, 5.41) is 3.53. The van der Waals surface area contributed by atoms with E-state index in [9.17, 15) is 0 Å². The van der Waals surface area contributed by atoms with E-state index in [0.717, 1.165) is 19.7 Å². The van der Waals surface area contributed by atoms with Crippen LogP contribution in [-0.4, -0.2) is 25.3 Å². The highest BCUT2D eigenvalue weighted by Crippen LogP contribution is 2.32. The van der Waals surface area contributed by atoms with Crippen molar-refractivity contribution in [2.24, 2.45) is 0 Å². The fraction of sp³-hybridized carbons (Fsp3) is 1.00. The molecule has 0 aromatic heterocycles. The van der Waals surface area contributed by atoms with E-state index in [1.807, 2.05) is 0 Å². The van der Waals surface area contributed by atoms with Crippen LogP contribution < -0.4 is 5.32 Å². The van der Waals surface area contributed by atoms with E-state index in [1.54, 1.807) is 0 Å². The summed E-state index contributed by atoms with van der Waals surface area (Å²) in [6.45, 7) is 7.61. The first-order valence-electron chi connectivity index (χ1n) is 7.17. The van der Waals surface area contributed by atoms with Gasteiger partial charge < -0.3 is 10.1 Å². The lowest BCUT2D eigenvalue weighted by Crippen LogP contribution is -2.41. The number of rotatable bonds is 9. The average Bonchev–Trinajstić information content (AvgIpc) is 2.74. The van der Waals surface area contributed by atoms with E-state index in [1.165, 1.54) is 51.4 Å². The molecular weight excluding hydrogens is 198 g/mol. The smallest absolute Gasteiger partial charge is 0.0806 e. The molecule has 1 aliphatic rings. The molecule has 96 valence electrons. The fourth-order valence-electron chi connectivity index (χ4n) is 2.53. The lowest BCUT2D eigenvalue weighted by molar-refractivity contribution is -0.0406. The quantitative estimate of drug-likeness (QED) is 0.609. The van der Waals surface area contributed by atoms with Gasteiger partial charge in [-0.25, -0.2) is 0 Å². The number of unbranched alkanes of at least 4 members (excludes halogenated alkanes) is 2. The Morgan fingerprint density at radius 1 is 1.06 bits per heavy atom. The average molecular weight is 227 g/mol. The van der Waals surface area contributed by atoms with E-state index in [2.05, 4.69) is 19.2 Å². The van der Waals surface area contributed by atoms with Crippen molar-refractivity contribution in [2.75, 3.05) is 19.7 Å². The molecule has 0 bridgehead atoms. The lowest BCUT2D eigenvalue weighted by Gasteiger charge is -2.30. The molecule has 1 aliphatic carbocycles. The zero-order chi connectivity index (χ0) is 11.7. The second-order valence-electron chi connectivity index (χ2n) is 5.12. The second kappa shape index (κ2) is 8.08. The maximum absolute atomic E-state index is 6.18. The van der Waals surface area contributed by atoms with E-state index < -0.39 is 0 Å². The molecule has 1 N–H and O–H groups in total. The van der Waals surface area contributed by atoms with E-state index >= 15 is 0 Å². The number of nitrogens with one attached hydrogen (secondary N) is 1. The molecule has 2 heteroatoms. The van der Waals surface area contributed by atoms with Gasteiger partial charge in [0.15, 0.2) is 0 Å². The van der Waals surface area contributed by atoms with Gasteiger partial charge in [0.2, 0.25) is 0 Å². The predicted molar refractivity (Wildman–Crippen MR) is 69.8 cm³/mol. The highest BCUT2D eigenvalue weighted by molar-refractivity contribution is 4.88. The van der Waals surface area contributed by atoms with Crippen LogP contribution in [0.3, 0.4) is 0 Å². The van der Waals surface area contributed by atoms with Crippen LogP contribution in [0.5, 0.6) is 0 Å². The first kappa shape index (κ1) is 14.0. The maximum atomic E-state index is 6.18. The molecule has 0 aromatic rings. The second-order valence-corrected chi connectivity index (χ2v) is 5.12. The third kappa shape index (κ3) is 4.84. The topological polar surface area (TPSA) is 21.3 Å². The van der Waals surface area contributed by atoms with Gasteiger partial charge in [-0.15, -0.1) is 0 Å². The van der Waals surface area contributed by atoms with Crippen molar-refractivity contribution in [3.8, 4) is 0 Å². The molecule has 0 atom stereocenters. The first-order chi connectivity index (χ1) is 7.83. The van der Waals surface area contributed by atoms with Gasteiger partial charge in [-0.3, -0.25) is 0 Å². The minimum absolute atomic E-state index is 0.183. The van der Waals surface area contributed by atoms with Crippen LogP contribution >= 0.6 is 0 Å². The van der Waals surface area contributed by atoms with Crippen LogP contribution in [0.25, 0.3) is 0 Å². The summed E-state index contributed by atoms with van der Waals surface area (Å²) in [6, 6.07) is 0. The van der Waals surface area contributed by atoms with Crippen LogP contribution in [0.4, 0.5) is 0 Å². The Bertz CT molecular complexity index is 164. The summed E-state index contributed by atoms with van der Waals surface area (Å²) in [6.07, 6.45) is 10.2. The molecule has 0 saturated heterocycles. The molecule has 0 radical (unpaired) electrons. The third-order valence-electron chi connectivity index (χ3n) is 3.54. The third-order valence-corrected chi connectivity index (χ3v) is 3.54. The lowest BCUT2D eigenvalue weighted by atomic mass is 10.0. The molecule has 0 unspecified atom stereocenters. The largest absolute Gasteiger partial charge is 0.374 e. The zero-order valence-corrected chi connectivity index (χ0v) is 11.2. The SMILES string of the molecule is CCCCCOC1(CNCCC)CCCC1. The molecule has 0 aromatic carbocycles. The molecule has 0 amide bonds. The molecule has 0 heterocycles. The van der Waals surface area contributed by atoms with Crippen LogP contribution in [0.15, 0.2) is 0 Å². The van der Waals surface area contributed by atoms with E-state index in [4.69, 9.17) is 4.74 Å². The number of ether oxygens (including phenoxy) is 1. The highest BCUT2D eigenvalue weighted by atomic mass is 16.5. The van der Waals surface area contributed by atoms with Crippen molar-refractivity contribution >= 4 is 0 Å². The molecule has 2 nitrogen and oxygen atoms in total. The van der Waals surface area contributed by atoms with Gasteiger partial charge in [-0.1, -0.05) is 39.5 Å². The van der Waals surface area contributed by atoms with Crippen molar-refractivity contribution in [3.63, 3.8) is 0 Å². The first-order valence-corrected chi connectivity index (χ1v) is 7.17. The van der Waals surface area contributed by atoms with Gasteiger partial charge in [0.05, 0.1) is 5.60 Å². The number of hydrogen-bond acceptors (Lipinski definition) is 2. The summed E-state index contributed by atoms with van der Waals surface area (Å²) in [5.41, 5.74) is 0.183. The summed E-state index contributed by atoms with van der Waals surface area (Å²) in [7, 11) is 0. The van der Waals surface area contributed by atoms with Crippen LogP contribution in [0.2, 0.25) is 0 Å². The van der Waals surface area contributed by atoms with Crippen LogP contribution in [0.1, 0.15) is 65.2 Å². The Hall–Kier alpha value is -0.0800. The fourth-order valence-corrected chi connectivity index (χ4v) is 2.53. The Kier molecular flexibility index (Phi) is 7.06. The Labute approximate surface area is 101 Å². The van der Waals surface area contributed by atoms with Crippen molar-refractivity contribution in [2.45, 2.75) is 70.8 Å². The van der Waals surface area contributed by atoms with Gasteiger partial charge in [0.1, 0.15) is 0 Å². The molecule has 0 spiro atoms. The normalized spacial score (nSPS) is 19.1. The minimum atomic E-state index is 0.183. The molecule has 1 rings (SSSR count). The molecule has 1 fully saturated rings. The Morgan fingerprint density at radius 3 is 2.44 bits per heavy atom. The summed E-state index contributed by atoms with van der Waals surface area (Å²) in [4.78, 5) is 0. The van der Waals surface area contributed by atoms with Crippen molar-refractivity contribution in [1.29, 1.82) is 0 Å². The van der Waals surface area contributed by atoms with E-state index in [-0.39, 0.29) is 5.60 Å². The van der Waals surface area contributed by atoms with Crippen LogP contribution in [0, 0.1) is 0 Å². The van der Waals surface area contributed by atoms with Gasteiger partial charge in [-0.2, -0.15) is 0 Å². The summed E-state index contributed by atoms with van der Waals surface area (Å²) >= 11 is 0. The van der Waals surface area contributed by atoms with Gasteiger partial charge in [0, 0.05) is 13.2 Å². The monoisotopic (exact) mass is 227 g/mol. The van der Waals surface area contributed by atoms with Crippen molar-refractivity contribution in [1.82, 2.24) is 5.32 Å².